The van der Waals surface area contributed by atoms with Gasteiger partial charge in [-0.2, -0.15) is 0 Å². The molecule has 1 unspecified atom stereocenters. The molecule has 3 nitrogen and oxygen atoms in total. The van der Waals surface area contributed by atoms with E-state index in [1.807, 2.05) is 25.4 Å². The molecular weight excluding hydrogens is 305 g/mol. The van der Waals surface area contributed by atoms with Gasteiger partial charge in [0.1, 0.15) is 0 Å². The molecule has 0 spiro atoms. The van der Waals surface area contributed by atoms with Crippen LogP contribution in [0.1, 0.15) is 18.4 Å². The average molecular weight is 326 g/mol. The van der Waals surface area contributed by atoms with Crippen LogP contribution in [0.5, 0.6) is 0 Å². The fourth-order valence-electron chi connectivity index (χ4n) is 3.02. The third kappa shape index (κ3) is 3.86. The van der Waals surface area contributed by atoms with Crippen LogP contribution in [0.2, 0.25) is 5.02 Å². The summed E-state index contributed by atoms with van der Waals surface area (Å²) in [5.74, 6) is 0. The second kappa shape index (κ2) is 7.41. The number of pyridine rings is 1. The summed E-state index contributed by atoms with van der Waals surface area (Å²) >= 11 is 6.24. The number of piperidine rings is 1. The summed E-state index contributed by atoms with van der Waals surface area (Å²) < 4.78 is 0. The molecule has 1 saturated heterocycles. The van der Waals surface area contributed by atoms with Crippen LogP contribution in [0.25, 0.3) is 10.9 Å². The highest BCUT2D eigenvalue weighted by Gasteiger charge is 2.19. The maximum Gasteiger partial charge on any atom is 0.0747 e. The van der Waals surface area contributed by atoms with Crippen molar-refractivity contribution in [3.05, 3.63) is 41.0 Å². The Bertz CT molecular complexity index is 603. The van der Waals surface area contributed by atoms with Gasteiger partial charge in [0, 0.05) is 35.7 Å². The Morgan fingerprint density at radius 1 is 1.43 bits per heavy atom. The SMILES string of the molecule is CNC1CCCN(Cc2cc(Cl)cc3cccnc23)C1.Cl. The van der Waals surface area contributed by atoms with E-state index in [1.165, 1.54) is 18.4 Å². The number of rotatable bonds is 3. The maximum atomic E-state index is 6.24. The first-order valence-corrected chi connectivity index (χ1v) is 7.57. The quantitative estimate of drug-likeness (QED) is 0.936. The van der Waals surface area contributed by atoms with Crippen molar-refractivity contribution in [3.8, 4) is 0 Å². The minimum absolute atomic E-state index is 0. The number of likely N-dealkylation sites (N-methyl/N-ethyl adjacent to an activating group) is 1. The second-order valence-electron chi connectivity index (χ2n) is 5.50. The first-order valence-electron chi connectivity index (χ1n) is 7.19. The molecule has 114 valence electrons. The molecule has 0 aliphatic carbocycles. The first kappa shape index (κ1) is 16.5. The van der Waals surface area contributed by atoms with Crippen molar-refractivity contribution >= 4 is 34.9 Å². The summed E-state index contributed by atoms with van der Waals surface area (Å²) in [6.45, 7) is 3.17. The minimum atomic E-state index is 0. The molecule has 1 atom stereocenters. The Hall–Kier alpha value is -0.870. The Morgan fingerprint density at radius 2 is 2.29 bits per heavy atom. The molecule has 1 aliphatic heterocycles. The van der Waals surface area contributed by atoms with Gasteiger partial charge in [-0.1, -0.05) is 17.7 Å². The van der Waals surface area contributed by atoms with Gasteiger partial charge in [0.05, 0.1) is 5.52 Å². The van der Waals surface area contributed by atoms with Crippen LogP contribution in [0.3, 0.4) is 0 Å². The molecule has 0 radical (unpaired) electrons. The molecule has 2 heterocycles. The van der Waals surface area contributed by atoms with Crippen molar-refractivity contribution in [1.29, 1.82) is 0 Å². The fraction of sp³-hybridized carbons (Fsp3) is 0.438. The predicted molar refractivity (Wildman–Crippen MR) is 91.4 cm³/mol. The van der Waals surface area contributed by atoms with Crippen molar-refractivity contribution in [1.82, 2.24) is 15.2 Å². The Morgan fingerprint density at radius 3 is 3.10 bits per heavy atom. The predicted octanol–water partition coefficient (Wildman–Crippen LogP) is 3.49. The lowest BCUT2D eigenvalue weighted by Gasteiger charge is -2.32. The van der Waals surface area contributed by atoms with E-state index in [2.05, 4.69) is 27.3 Å². The van der Waals surface area contributed by atoms with Crippen molar-refractivity contribution in [2.24, 2.45) is 0 Å². The summed E-state index contributed by atoms with van der Waals surface area (Å²) in [5.41, 5.74) is 2.30. The third-order valence-electron chi connectivity index (χ3n) is 4.06. The van der Waals surface area contributed by atoms with E-state index in [0.717, 1.165) is 35.6 Å². The average Bonchev–Trinajstić information content (AvgIpc) is 2.47. The number of halogens is 2. The van der Waals surface area contributed by atoms with E-state index in [0.29, 0.717) is 6.04 Å². The molecule has 1 aliphatic rings. The van der Waals surface area contributed by atoms with E-state index < -0.39 is 0 Å². The standard InChI is InChI=1S/C16H20ClN3.ClH/c1-18-15-5-3-7-20(11-15)10-13-9-14(17)8-12-4-2-6-19-16(12)13;/h2,4,6,8-9,15,18H,3,5,7,10-11H2,1H3;1H. The van der Waals surface area contributed by atoms with Crippen molar-refractivity contribution < 1.29 is 0 Å². The van der Waals surface area contributed by atoms with Gasteiger partial charge >= 0.3 is 0 Å². The van der Waals surface area contributed by atoms with Crippen LogP contribution in [0.4, 0.5) is 0 Å². The lowest BCUT2D eigenvalue weighted by molar-refractivity contribution is 0.188. The number of likely N-dealkylation sites (tertiary alicyclic amines) is 1. The van der Waals surface area contributed by atoms with Gasteiger partial charge in [0.25, 0.3) is 0 Å². The van der Waals surface area contributed by atoms with E-state index in [9.17, 15) is 0 Å². The van der Waals surface area contributed by atoms with E-state index in [4.69, 9.17) is 11.6 Å². The number of hydrogen-bond donors (Lipinski definition) is 1. The van der Waals surface area contributed by atoms with Gasteiger partial charge < -0.3 is 5.32 Å². The zero-order valence-electron chi connectivity index (χ0n) is 12.2. The second-order valence-corrected chi connectivity index (χ2v) is 5.94. The van der Waals surface area contributed by atoms with Gasteiger partial charge in [0.2, 0.25) is 0 Å². The van der Waals surface area contributed by atoms with E-state index in [-0.39, 0.29) is 12.4 Å². The molecule has 1 fully saturated rings. The van der Waals surface area contributed by atoms with Crippen LogP contribution >= 0.6 is 24.0 Å². The lowest BCUT2D eigenvalue weighted by atomic mass is 10.0. The summed E-state index contributed by atoms with van der Waals surface area (Å²) in [4.78, 5) is 7.02. The van der Waals surface area contributed by atoms with Crippen LogP contribution in [-0.2, 0) is 6.54 Å². The molecule has 1 N–H and O–H groups in total. The highest BCUT2D eigenvalue weighted by molar-refractivity contribution is 6.31. The monoisotopic (exact) mass is 325 g/mol. The van der Waals surface area contributed by atoms with Gasteiger partial charge in [-0.05, 0) is 50.2 Å². The number of benzene rings is 1. The molecule has 5 heteroatoms. The highest BCUT2D eigenvalue weighted by atomic mass is 35.5. The van der Waals surface area contributed by atoms with Gasteiger partial charge in [-0.15, -0.1) is 12.4 Å². The molecule has 0 bridgehead atoms. The number of aromatic nitrogens is 1. The Kier molecular flexibility index (Phi) is 5.82. The van der Waals surface area contributed by atoms with Crippen LogP contribution in [0, 0.1) is 0 Å². The smallest absolute Gasteiger partial charge is 0.0747 e. The third-order valence-corrected chi connectivity index (χ3v) is 4.27. The summed E-state index contributed by atoms with van der Waals surface area (Å²) in [6, 6.07) is 8.67. The normalized spacial score (nSPS) is 19.4. The largest absolute Gasteiger partial charge is 0.316 e. The lowest BCUT2D eigenvalue weighted by Crippen LogP contribution is -2.43. The van der Waals surface area contributed by atoms with Crippen LogP contribution in [0.15, 0.2) is 30.5 Å². The van der Waals surface area contributed by atoms with Gasteiger partial charge in [0.15, 0.2) is 0 Å². The molecule has 0 saturated carbocycles. The van der Waals surface area contributed by atoms with Crippen LogP contribution in [-0.4, -0.2) is 36.1 Å². The first-order chi connectivity index (χ1) is 9.76. The molecular formula is C16H21Cl2N3. The molecule has 3 rings (SSSR count). The fourth-order valence-corrected chi connectivity index (χ4v) is 3.27. The van der Waals surface area contributed by atoms with Crippen LogP contribution < -0.4 is 5.32 Å². The maximum absolute atomic E-state index is 6.24. The van der Waals surface area contributed by atoms with Crippen molar-refractivity contribution in [2.75, 3.05) is 20.1 Å². The molecule has 1 aromatic heterocycles. The zero-order valence-corrected chi connectivity index (χ0v) is 13.8. The number of fused-ring (bicyclic) bond motifs is 1. The van der Waals surface area contributed by atoms with Crippen molar-refractivity contribution in [3.63, 3.8) is 0 Å². The number of nitrogens with one attached hydrogen (secondary N) is 1. The highest BCUT2D eigenvalue weighted by Crippen LogP contribution is 2.24. The van der Waals surface area contributed by atoms with Gasteiger partial charge in [-0.3, -0.25) is 9.88 Å². The number of nitrogens with zero attached hydrogens (tertiary/aromatic N) is 2. The Balaban J connectivity index is 0.00000161. The minimum Gasteiger partial charge on any atom is -0.316 e. The molecule has 1 aromatic carbocycles. The topological polar surface area (TPSA) is 28.2 Å². The summed E-state index contributed by atoms with van der Waals surface area (Å²) in [5, 5.41) is 5.30. The van der Waals surface area contributed by atoms with Crippen molar-refractivity contribution in [2.45, 2.75) is 25.4 Å². The molecule has 21 heavy (non-hydrogen) atoms. The molecule has 2 aromatic rings. The summed E-state index contributed by atoms with van der Waals surface area (Å²) in [7, 11) is 2.05. The summed E-state index contributed by atoms with van der Waals surface area (Å²) in [6.07, 6.45) is 4.37. The zero-order chi connectivity index (χ0) is 13.9. The van der Waals surface area contributed by atoms with E-state index >= 15 is 0 Å². The molecule has 0 amide bonds. The van der Waals surface area contributed by atoms with Gasteiger partial charge in [-0.25, -0.2) is 0 Å². The van der Waals surface area contributed by atoms with E-state index in [1.54, 1.807) is 0 Å². The number of hydrogen-bond acceptors (Lipinski definition) is 3. The Labute approximate surface area is 137 Å².